The van der Waals surface area contributed by atoms with Gasteiger partial charge in [0.05, 0.1) is 6.61 Å². The summed E-state index contributed by atoms with van der Waals surface area (Å²) in [7, 11) is 1.75. The van der Waals surface area contributed by atoms with Crippen molar-refractivity contribution in [3.63, 3.8) is 0 Å². The molecule has 1 aromatic rings. The Hall–Kier alpha value is -1.17. The fourth-order valence-electron chi connectivity index (χ4n) is 2.90. The van der Waals surface area contributed by atoms with Gasteiger partial charge in [0, 0.05) is 51.9 Å². The lowest BCUT2D eigenvalue weighted by Gasteiger charge is -2.41. The number of rotatable bonds is 8. The highest BCUT2D eigenvalue weighted by Crippen LogP contribution is 2.14. The monoisotopic (exact) mass is 310 g/mol. The first-order valence-corrected chi connectivity index (χ1v) is 8.06. The third-order valence-electron chi connectivity index (χ3n) is 4.21. The molecule has 0 spiro atoms. The summed E-state index contributed by atoms with van der Waals surface area (Å²) in [4.78, 5) is 4.93. The number of methoxy groups -OCH3 is 1. The normalized spacial score (nSPS) is 20.2. The fourth-order valence-corrected chi connectivity index (χ4v) is 2.90. The van der Waals surface area contributed by atoms with E-state index in [4.69, 9.17) is 9.47 Å². The number of hydrogen-bond donors (Lipinski definition) is 0. The first-order chi connectivity index (χ1) is 10.7. The lowest BCUT2D eigenvalue weighted by Crippen LogP contribution is -2.54. The minimum absolute atomic E-state index is 0.254. The maximum absolute atomic E-state index is 13.1. The highest BCUT2D eigenvalue weighted by molar-refractivity contribution is 5.22. The van der Waals surface area contributed by atoms with E-state index in [9.17, 15) is 4.39 Å². The average molecular weight is 310 g/mol. The van der Waals surface area contributed by atoms with Gasteiger partial charge in [0.1, 0.15) is 18.2 Å². The van der Waals surface area contributed by atoms with Crippen molar-refractivity contribution in [3.05, 3.63) is 30.1 Å². The molecule has 5 heteroatoms. The lowest BCUT2D eigenvalue weighted by molar-refractivity contribution is 0.0443. The smallest absolute Gasteiger partial charge is 0.126 e. The molecule has 2 rings (SSSR count). The van der Waals surface area contributed by atoms with E-state index in [-0.39, 0.29) is 5.82 Å². The summed E-state index contributed by atoms with van der Waals surface area (Å²) in [5, 5.41) is 0. The second-order valence-corrected chi connectivity index (χ2v) is 5.70. The second-order valence-electron chi connectivity index (χ2n) is 5.70. The van der Waals surface area contributed by atoms with Crippen LogP contribution in [-0.4, -0.2) is 68.9 Å². The van der Waals surface area contributed by atoms with Crippen molar-refractivity contribution in [1.82, 2.24) is 9.80 Å². The van der Waals surface area contributed by atoms with Gasteiger partial charge in [-0.15, -0.1) is 0 Å². The molecule has 1 heterocycles. The molecule has 0 amide bonds. The predicted molar refractivity (Wildman–Crippen MR) is 85.9 cm³/mol. The van der Waals surface area contributed by atoms with Gasteiger partial charge in [-0.05, 0) is 18.6 Å². The van der Waals surface area contributed by atoms with Crippen molar-refractivity contribution >= 4 is 0 Å². The van der Waals surface area contributed by atoms with Gasteiger partial charge in [0.25, 0.3) is 0 Å². The van der Waals surface area contributed by atoms with Crippen LogP contribution in [-0.2, 0) is 4.74 Å². The maximum Gasteiger partial charge on any atom is 0.126 e. The average Bonchev–Trinajstić information content (AvgIpc) is 2.53. The second kappa shape index (κ2) is 9.08. The number of halogens is 1. The van der Waals surface area contributed by atoms with Crippen molar-refractivity contribution in [2.24, 2.45) is 0 Å². The summed E-state index contributed by atoms with van der Waals surface area (Å²) in [5.74, 6) is 0.348. The van der Waals surface area contributed by atoms with E-state index in [1.54, 1.807) is 19.2 Å². The third kappa shape index (κ3) is 5.23. The fraction of sp³-hybridized carbons (Fsp3) is 0.647. The Bertz CT molecular complexity index is 444. The Morgan fingerprint density at radius 2 is 2.09 bits per heavy atom. The standard InChI is InChI=1S/C17H27FN2O2/c1-3-16-14-19(7-8-20(16)10-11-21-2)9-12-22-17-6-4-5-15(18)13-17/h4-6,13,16H,3,7-12,14H2,1-2H3/t16-/m0/s1. The van der Waals surface area contributed by atoms with Crippen LogP contribution in [0.2, 0.25) is 0 Å². The molecule has 1 aromatic carbocycles. The molecule has 0 bridgehead atoms. The van der Waals surface area contributed by atoms with Crippen LogP contribution in [0.25, 0.3) is 0 Å². The Morgan fingerprint density at radius 3 is 2.82 bits per heavy atom. The van der Waals surface area contributed by atoms with Crippen LogP contribution in [0, 0.1) is 5.82 Å². The maximum atomic E-state index is 13.1. The van der Waals surface area contributed by atoms with Crippen molar-refractivity contribution in [2.45, 2.75) is 19.4 Å². The summed E-state index contributed by atoms with van der Waals surface area (Å²) >= 11 is 0. The first kappa shape index (κ1) is 17.2. The van der Waals surface area contributed by atoms with E-state index in [0.29, 0.717) is 18.4 Å². The lowest BCUT2D eigenvalue weighted by atomic mass is 10.1. The van der Waals surface area contributed by atoms with Gasteiger partial charge in [0.15, 0.2) is 0 Å². The van der Waals surface area contributed by atoms with E-state index in [0.717, 1.165) is 45.8 Å². The molecule has 0 radical (unpaired) electrons. The van der Waals surface area contributed by atoms with Crippen molar-refractivity contribution in [2.75, 3.05) is 53.0 Å². The molecular weight excluding hydrogens is 283 g/mol. The van der Waals surface area contributed by atoms with Crippen molar-refractivity contribution in [3.8, 4) is 5.75 Å². The van der Waals surface area contributed by atoms with Crippen LogP contribution < -0.4 is 4.74 Å². The SMILES string of the molecule is CC[C@H]1CN(CCOc2cccc(F)c2)CCN1CCOC. The number of ether oxygens (including phenoxy) is 2. The minimum atomic E-state index is -0.254. The highest BCUT2D eigenvalue weighted by atomic mass is 19.1. The van der Waals surface area contributed by atoms with E-state index in [2.05, 4.69) is 16.7 Å². The van der Waals surface area contributed by atoms with Crippen LogP contribution in [0.1, 0.15) is 13.3 Å². The van der Waals surface area contributed by atoms with Gasteiger partial charge in [-0.3, -0.25) is 9.80 Å². The Labute approximate surface area is 132 Å². The molecule has 1 atom stereocenters. The van der Waals surface area contributed by atoms with E-state index >= 15 is 0 Å². The van der Waals surface area contributed by atoms with Gasteiger partial charge >= 0.3 is 0 Å². The molecule has 22 heavy (non-hydrogen) atoms. The van der Waals surface area contributed by atoms with Crippen LogP contribution in [0.15, 0.2) is 24.3 Å². The predicted octanol–water partition coefficient (Wildman–Crippen LogP) is 2.25. The summed E-state index contributed by atoms with van der Waals surface area (Å²) < 4.78 is 23.9. The molecule has 4 nitrogen and oxygen atoms in total. The van der Waals surface area contributed by atoms with Crippen LogP contribution >= 0.6 is 0 Å². The molecule has 1 saturated heterocycles. The zero-order valence-corrected chi connectivity index (χ0v) is 13.6. The van der Waals surface area contributed by atoms with Gasteiger partial charge in [-0.1, -0.05) is 13.0 Å². The van der Waals surface area contributed by atoms with Crippen molar-refractivity contribution in [1.29, 1.82) is 0 Å². The van der Waals surface area contributed by atoms with Crippen LogP contribution in [0.4, 0.5) is 4.39 Å². The molecule has 0 N–H and O–H groups in total. The quantitative estimate of drug-likeness (QED) is 0.735. The van der Waals surface area contributed by atoms with Gasteiger partial charge in [-0.2, -0.15) is 0 Å². The van der Waals surface area contributed by atoms with E-state index in [1.807, 2.05) is 0 Å². The Morgan fingerprint density at radius 1 is 1.23 bits per heavy atom. The molecule has 1 fully saturated rings. The molecule has 1 aliphatic heterocycles. The number of hydrogen-bond acceptors (Lipinski definition) is 4. The number of piperazine rings is 1. The summed E-state index contributed by atoms with van der Waals surface area (Å²) in [6.07, 6.45) is 1.14. The number of benzene rings is 1. The molecular formula is C17H27FN2O2. The van der Waals surface area contributed by atoms with Crippen LogP contribution in [0.5, 0.6) is 5.75 Å². The zero-order chi connectivity index (χ0) is 15.8. The van der Waals surface area contributed by atoms with Gasteiger partial charge < -0.3 is 9.47 Å². The third-order valence-corrected chi connectivity index (χ3v) is 4.21. The molecule has 0 aromatic heterocycles. The van der Waals surface area contributed by atoms with E-state index in [1.165, 1.54) is 12.1 Å². The summed E-state index contributed by atoms with van der Waals surface area (Å²) in [6.45, 7) is 8.68. The van der Waals surface area contributed by atoms with Gasteiger partial charge in [-0.25, -0.2) is 4.39 Å². The molecule has 0 aliphatic carbocycles. The largest absolute Gasteiger partial charge is 0.492 e. The Balaban J connectivity index is 1.73. The van der Waals surface area contributed by atoms with Crippen LogP contribution in [0.3, 0.4) is 0 Å². The molecule has 0 unspecified atom stereocenters. The molecule has 1 aliphatic rings. The number of nitrogens with zero attached hydrogens (tertiary/aromatic N) is 2. The zero-order valence-electron chi connectivity index (χ0n) is 13.6. The van der Waals surface area contributed by atoms with E-state index < -0.39 is 0 Å². The molecule has 0 saturated carbocycles. The van der Waals surface area contributed by atoms with Gasteiger partial charge in [0.2, 0.25) is 0 Å². The Kier molecular flexibility index (Phi) is 7.09. The van der Waals surface area contributed by atoms with Crippen molar-refractivity contribution < 1.29 is 13.9 Å². The minimum Gasteiger partial charge on any atom is -0.492 e. The topological polar surface area (TPSA) is 24.9 Å². The molecule has 124 valence electrons. The summed E-state index contributed by atoms with van der Waals surface area (Å²) in [5.41, 5.74) is 0. The summed E-state index contributed by atoms with van der Waals surface area (Å²) in [6, 6.07) is 6.90. The first-order valence-electron chi connectivity index (χ1n) is 8.06. The highest BCUT2D eigenvalue weighted by Gasteiger charge is 2.24.